The van der Waals surface area contributed by atoms with Gasteiger partial charge in [-0.25, -0.2) is 9.37 Å². The highest BCUT2D eigenvalue weighted by atomic mass is 19.1. The van der Waals surface area contributed by atoms with Crippen LogP contribution in [-0.2, 0) is 6.42 Å². The number of aromatic nitrogens is 4. The molecule has 4 rings (SSSR count). The van der Waals surface area contributed by atoms with Crippen molar-refractivity contribution in [2.24, 2.45) is 0 Å². The van der Waals surface area contributed by atoms with Gasteiger partial charge < -0.3 is 26.4 Å². The third-order valence-electron chi connectivity index (χ3n) is 4.48. The number of fused-ring (bicyclic) bond motifs is 3. The molecule has 150 valence electrons. The van der Waals surface area contributed by atoms with E-state index in [-0.39, 0.29) is 30.5 Å². The average molecular weight is 398 g/mol. The molecule has 0 saturated carbocycles. The molecule has 0 aliphatic heterocycles. The van der Waals surface area contributed by atoms with Crippen molar-refractivity contribution in [1.82, 2.24) is 19.6 Å². The lowest BCUT2D eigenvalue weighted by atomic mass is 10.1. The third kappa shape index (κ3) is 3.57. The molecule has 4 aromatic rings. The van der Waals surface area contributed by atoms with Crippen molar-refractivity contribution in [2.45, 2.75) is 12.8 Å². The van der Waals surface area contributed by atoms with Crippen LogP contribution in [0.2, 0.25) is 0 Å². The molecular weight excluding hydrogens is 379 g/mol. The van der Waals surface area contributed by atoms with Crippen molar-refractivity contribution >= 4 is 28.2 Å². The number of nitrogens with one attached hydrogen (secondary N) is 1. The van der Waals surface area contributed by atoms with E-state index in [4.69, 9.17) is 10.8 Å². The Kier molecular flexibility index (Phi) is 4.77. The number of rotatable bonds is 6. The zero-order valence-corrected chi connectivity index (χ0v) is 15.3. The van der Waals surface area contributed by atoms with Crippen LogP contribution in [0.3, 0.4) is 0 Å². The molecule has 2 aromatic carbocycles. The molecule has 0 atom stereocenters. The van der Waals surface area contributed by atoms with Gasteiger partial charge in [0, 0.05) is 25.6 Å². The minimum Gasteiger partial charge on any atom is -0.504 e. The maximum Gasteiger partial charge on any atom is 0.240 e. The molecule has 0 bridgehead atoms. The Morgan fingerprint density at radius 3 is 2.69 bits per heavy atom. The van der Waals surface area contributed by atoms with E-state index >= 15 is 0 Å². The van der Waals surface area contributed by atoms with E-state index < -0.39 is 5.82 Å². The number of hydrogen-bond acceptors (Lipinski definition) is 8. The monoisotopic (exact) mass is 398 g/mol. The number of benzene rings is 2. The van der Waals surface area contributed by atoms with Crippen LogP contribution in [0.5, 0.6) is 11.5 Å². The number of aliphatic hydroxyl groups is 1. The minimum atomic E-state index is -0.471. The van der Waals surface area contributed by atoms with Gasteiger partial charge in [0.25, 0.3) is 0 Å². The van der Waals surface area contributed by atoms with Crippen LogP contribution in [0.1, 0.15) is 17.8 Å². The second kappa shape index (κ2) is 7.40. The molecule has 0 radical (unpaired) electrons. The molecular formula is C19H19FN6O3. The Bertz CT molecular complexity index is 1210. The summed E-state index contributed by atoms with van der Waals surface area (Å²) in [5, 5.41) is 36.1. The maximum absolute atomic E-state index is 14.2. The maximum atomic E-state index is 14.2. The van der Waals surface area contributed by atoms with Gasteiger partial charge in [-0.15, -0.1) is 5.10 Å². The van der Waals surface area contributed by atoms with Gasteiger partial charge in [0.15, 0.2) is 17.1 Å². The first-order chi connectivity index (χ1) is 14.0. The van der Waals surface area contributed by atoms with Gasteiger partial charge in [-0.2, -0.15) is 9.50 Å². The Labute approximate surface area is 164 Å². The number of aromatic hydroxyl groups is 2. The molecule has 0 fully saturated rings. The molecule has 6 N–H and O–H groups in total. The zero-order valence-electron chi connectivity index (χ0n) is 15.3. The van der Waals surface area contributed by atoms with E-state index in [0.29, 0.717) is 46.6 Å². The predicted octanol–water partition coefficient (Wildman–Crippen LogP) is 1.80. The first-order valence-electron chi connectivity index (χ1n) is 8.96. The highest BCUT2D eigenvalue weighted by Gasteiger charge is 2.17. The first kappa shape index (κ1) is 18.7. The molecule has 9 nitrogen and oxygen atoms in total. The molecule has 2 heterocycles. The summed E-state index contributed by atoms with van der Waals surface area (Å²) in [6, 6.07) is 7.07. The first-order valence-corrected chi connectivity index (χ1v) is 8.96. The summed E-state index contributed by atoms with van der Waals surface area (Å²) < 4.78 is 15.7. The van der Waals surface area contributed by atoms with Crippen molar-refractivity contribution < 1.29 is 19.7 Å². The minimum absolute atomic E-state index is 0.00934. The van der Waals surface area contributed by atoms with Crippen LogP contribution in [0.15, 0.2) is 30.3 Å². The number of phenols is 2. The molecule has 10 heteroatoms. The summed E-state index contributed by atoms with van der Waals surface area (Å²) >= 11 is 0. The van der Waals surface area contributed by atoms with Crippen molar-refractivity contribution in [2.75, 3.05) is 24.2 Å². The molecule has 29 heavy (non-hydrogen) atoms. The summed E-state index contributed by atoms with van der Waals surface area (Å²) in [6.07, 6.45) is 0.742. The second-order valence-electron chi connectivity index (χ2n) is 6.58. The fraction of sp³-hybridized carbons (Fsp3) is 0.211. The molecule has 0 aliphatic rings. The van der Waals surface area contributed by atoms with Crippen LogP contribution >= 0.6 is 0 Å². The van der Waals surface area contributed by atoms with Crippen LogP contribution in [0.25, 0.3) is 16.6 Å². The van der Waals surface area contributed by atoms with Crippen molar-refractivity contribution in [1.29, 1.82) is 0 Å². The van der Waals surface area contributed by atoms with Crippen LogP contribution in [0, 0.1) is 5.82 Å². The zero-order chi connectivity index (χ0) is 20.5. The van der Waals surface area contributed by atoms with Gasteiger partial charge in [-0.1, -0.05) is 6.07 Å². The number of anilines is 2. The SMILES string of the molecule is Nc1nc2c3c(NCCCO)cc(F)cc3nc(Cc3ccc(O)c(O)c3)n2n1. The highest BCUT2D eigenvalue weighted by Crippen LogP contribution is 2.30. The average Bonchev–Trinajstić information content (AvgIpc) is 3.06. The smallest absolute Gasteiger partial charge is 0.240 e. The predicted molar refractivity (Wildman–Crippen MR) is 105 cm³/mol. The number of halogens is 1. The van der Waals surface area contributed by atoms with Gasteiger partial charge >= 0.3 is 0 Å². The van der Waals surface area contributed by atoms with E-state index in [2.05, 4.69) is 20.4 Å². The van der Waals surface area contributed by atoms with Gasteiger partial charge in [0.2, 0.25) is 5.95 Å². The number of phenolic OH excluding ortho intramolecular Hbond substituents is 2. The Hall–Kier alpha value is -3.66. The van der Waals surface area contributed by atoms with Gasteiger partial charge in [0.1, 0.15) is 11.6 Å². The Balaban J connectivity index is 1.88. The van der Waals surface area contributed by atoms with E-state index in [1.54, 1.807) is 6.07 Å². The second-order valence-corrected chi connectivity index (χ2v) is 6.58. The summed E-state index contributed by atoms with van der Waals surface area (Å²) in [5.41, 5.74) is 7.75. The standard InChI is InChI=1S/C19H19FN6O3/c20-11-8-12(22-4-1-5-27)17-13(9-11)23-16(26-18(17)24-19(21)25-26)7-10-2-3-14(28)15(29)6-10/h2-3,6,8-9,22,27-29H,1,4-5,7H2,(H2,21,25). The topological polar surface area (TPSA) is 142 Å². The number of aliphatic hydroxyl groups excluding tert-OH is 1. The lowest BCUT2D eigenvalue weighted by Gasteiger charge is -2.12. The molecule has 0 unspecified atom stereocenters. The van der Waals surface area contributed by atoms with Crippen molar-refractivity contribution in [3.05, 3.63) is 47.5 Å². The van der Waals surface area contributed by atoms with Crippen LogP contribution in [0.4, 0.5) is 16.0 Å². The molecule has 0 spiro atoms. The van der Waals surface area contributed by atoms with Gasteiger partial charge in [0.05, 0.1) is 16.6 Å². The summed E-state index contributed by atoms with van der Waals surface area (Å²) in [4.78, 5) is 8.83. The fourth-order valence-electron chi connectivity index (χ4n) is 3.19. The lowest BCUT2D eigenvalue weighted by Crippen LogP contribution is -2.08. The highest BCUT2D eigenvalue weighted by molar-refractivity contribution is 6.01. The third-order valence-corrected chi connectivity index (χ3v) is 4.48. The molecule has 0 amide bonds. The van der Waals surface area contributed by atoms with Crippen LogP contribution in [-0.4, -0.2) is 48.1 Å². The number of nitrogens with zero attached hydrogens (tertiary/aromatic N) is 4. The van der Waals surface area contributed by atoms with E-state index in [9.17, 15) is 14.6 Å². The summed E-state index contributed by atoms with van der Waals surface area (Å²) in [5.74, 6) is -0.468. The summed E-state index contributed by atoms with van der Waals surface area (Å²) in [6.45, 7) is 0.453. The van der Waals surface area contributed by atoms with Gasteiger partial charge in [-0.3, -0.25) is 0 Å². The van der Waals surface area contributed by atoms with Crippen molar-refractivity contribution in [3.8, 4) is 11.5 Å². The summed E-state index contributed by atoms with van der Waals surface area (Å²) in [7, 11) is 0. The normalized spacial score (nSPS) is 11.4. The molecule has 0 aliphatic carbocycles. The van der Waals surface area contributed by atoms with E-state index in [1.807, 2.05) is 0 Å². The largest absolute Gasteiger partial charge is 0.504 e. The van der Waals surface area contributed by atoms with Crippen molar-refractivity contribution in [3.63, 3.8) is 0 Å². The van der Waals surface area contributed by atoms with E-state index in [0.717, 1.165) is 0 Å². The Morgan fingerprint density at radius 1 is 1.10 bits per heavy atom. The lowest BCUT2D eigenvalue weighted by molar-refractivity contribution is 0.292. The Morgan fingerprint density at radius 2 is 1.93 bits per heavy atom. The molecule has 0 saturated heterocycles. The fourth-order valence-corrected chi connectivity index (χ4v) is 3.19. The number of nitrogens with two attached hydrogens (primary N) is 1. The van der Waals surface area contributed by atoms with Gasteiger partial charge in [-0.05, 0) is 30.2 Å². The van der Waals surface area contributed by atoms with E-state index in [1.165, 1.54) is 28.8 Å². The number of nitrogen functional groups attached to an aromatic ring is 1. The molecule has 2 aromatic heterocycles. The van der Waals surface area contributed by atoms with Crippen LogP contribution < -0.4 is 11.1 Å². The number of hydrogen-bond donors (Lipinski definition) is 5. The quantitative estimate of drug-likeness (QED) is 0.244.